The van der Waals surface area contributed by atoms with Crippen LogP contribution in [0.5, 0.6) is 5.75 Å². The van der Waals surface area contributed by atoms with E-state index in [1.807, 2.05) is 67.0 Å². The largest absolute Gasteiger partial charge is 0.497 e. The van der Waals surface area contributed by atoms with Crippen LogP contribution in [-0.2, 0) is 6.54 Å². The molecule has 5 rings (SSSR count). The van der Waals surface area contributed by atoms with Crippen molar-refractivity contribution in [2.75, 3.05) is 7.11 Å². The van der Waals surface area contributed by atoms with Crippen molar-refractivity contribution >= 4 is 39.5 Å². The number of ether oxygens (including phenoxy) is 1. The van der Waals surface area contributed by atoms with E-state index in [2.05, 4.69) is 24.8 Å². The first-order valence-electron chi connectivity index (χ1n) is 8.73. The summed E-state index contributed by atoms with van der Waals surface area (Å²) in [4.78, 5) is 5.20. The maximum atomic E-state index is 5.18. The Hall–Kier alpha value is -3.52. The summed E-state index contributed by atoms with van der Waals surface area (Å²) in [7, 11) is 1.66. The summed E-state index contributed by atoms with van der Waals surface area (Å²) >= 11 is 1.50. The van der Waals surface area contributed by atoms with Gasteiger partial charge in [-0.15, -0.1) is 10.2 Å². The lowest BCUT2D eigenvalue weighted by Gasteiger charge is -2.01. The molecule has 0 saturated heterocycles. The highest BCUT2D eigenvalue weighted by atomic mass is 32.1. The average Bonchev–Trinajstić information content (AvgIpc) is 3.43. The molecule has 0 amide bonds. The van der Waals surface area contributed by atoms with Gasteiger partial charge in [0, 0.05) is 0 Å². The van der Waals surface area contributed by atoms with Gasteiger partial charge in [0.05, 0.1) is 31.0 Å². The third-order valence-corrected chi connectivity index (χ3v) is 5.31. The molecule has 0 unspecified atom stereocenters. The van der Waals surface area contributed by atoms with Gasteiger partial charge >= 0.3 is 0 Å². The summed E-state index contributed by atoms with van der Waals surface area (Å²) in [6.45, 7) is 0.563. The molecule has 0 fully saturated rings. The van der Waals surface area contributed by atoms with Crippen molar-refractivity contribution in [1.82, 2.24) is 29.4 Å². The number of fused-ring (bicyclic) bond motifs is 2. The van der Waals surface area contributed by atoms with E-state index in [1.54, 1.807) is 11.6 Å². The van der Waals surface area contributed by atoms with Gasteiger partial charge in [-0.05, 0) is 35.9 Å². The Morgan fingerprint density at radius 3 is 2.75 bits per heavy atom. The fourth-order valence-electron chi connectivity index (χ4n) is 3.01. The lowest BCUT2D eigenvalue weighted by molar-refractivity contribution is 0.415. The maximum absolute atomic E-state index is 5.18. The number of aromatic nitrogens is 6. The Kier molecular flexibility index (Phi) is 4.10. The topological polar surface area (TPSA) is 70.1 Å². The molecule has 0 radical (unpaired) electrons. The molecule has 2 aromatic carbocycles. The van der Waals surface area contributed by atoms with Gasteiger partial charge in [0.25, 0.3) is 0 Å². The zero-order chi connectivity index (χ0) is 18.9. The third-order valence-electron chi connectivity index (χ3n) is 4.44. The Bertz CT molecular complexity index is 1280. The molecule has 0 saturated carbocycles. The summed E-state index contributed by atoms with van der Waals surface area (Å²) in [5, 5.41) is 14.1. The number of hydrogen-bond donors (Lipinski definition) is 0. The Labute approximate surface area is 164 Å². The van der Waals surface area contributed by atoms with Crippen molar-refractivity contribution in [3.8, 4) is 5.75 Å². The van der Waals surface area contributed by atoms with Crippen LogP contribution >= 0.6 is 11.3 Å². The molecule has 0 spiro atoms. The highest BCUT2D eigenvalue weighted by molar-refractivity contribution is 7.17. The molecule has 0 atom stereocenters. The van der Waals surface area contributed by atoms with Crippen LogP contribution in [0.3, 0.4) is 0 Å². The highest BCUT2D eigenvalue weighted by Crippen LogP contribution is 2.19. The van der Waals surface area contributed by atoms with Crippen molar-refractivity contribution < 1.29 is 4.74 Å². The van der Waals surface area contributed by atoms with Crippen molar-refractivity contribution in [3.63, 3.8) is 0 Å². The van der Waals surface area contributed by atoms with Crippen LogP contribution in [0.25, 0.3) is 28.1 Å². The van der Waals surface area contributed by atoms with Crippen LogP contribution in [0.2, 0.25) is 0 Å². The van der Waals surface area contributed by atoms with Crippen LogP contribution in [-0.4, -0.2) is 36.5 Å². The van der Waals surface area contributed by atoms with Gasteiger partial charge in [-0.3, -0.25) is 0 Å². The molecule has 5 aromatic rings. The smallest absolute Gasteiger partial charge is 0.235 e. The van der Waals surface area contributed by atoms with E-state index in [0.717, 1.165) is 38.1 Å². The molecule has 0 aliphatic carbocycles. The van der Waals surface area contributed by atoms with Crippen molar-refractivity contribution in [2.45, 2.75) is 6.54 Å². The minimum atomic E-state index is 0.563. The summed E-state index contributed by atoms with van der Waals surface area (Å²) in [6.07, 6.45) is 5.83. The fraction of sp³-hybridized carbons (Fsp3) is 0.100. The van der Waals surface area contributed by atoms with Crippen LogP contribution in [0.4, 0.5) is 0 Å². The second kappa shape index (κ2) is 6.90. The van der Waals surface area contributed by atoms with Crippen LogP contribution in [0.1, 0.15) is 16.4 Å². The number of para-hydroxylation sites is 2. The Morgan fingerprint density at radius 2 is 1.89 bits per heavy atom. The van der Waals surface area contributed by atoms with E-state index < -0.39 is 0 Å². The Balaban J connectivity index is 1.41. The van der Waals surface area contributed by atoms with Crippen LogP contribution in [0, 0.1) is 0 Å². The van der Waals surface area contributed by atoms with Gasteiger partial charge in [-0.2, -0.15) is 9.61 Å². The lowest BCUT2D eigenvalue weighted by Crippen LogP contribution is -2.04. The van der Waals surface area contributed by atoms with E-state index in [4.69, 9.17) is 4.74 Å². The Morgan fingerprint density at radius 1 is 1.04 bits per heavy atom. The number of benzene rings is 2. The monoisotopic (exact) mass is 388 g/mol. The first kappa shape index (κ1) is 16.6. The third kappa shape index (κ3) is 3.03. The lowest BCUT2D eigenvalue weighted by atomic mass is 10.2. The predicted octanol–water partition coefficient (Wildman–Crippen LogP) is 3.76. The van der Waals surface area contributed by atoms with Crippen molar-refractivity contribution in [2.24, 2.45) is 0 Å². The van der Waals surface area contributed by atoms with Gasteiger partial charge in [-0.25, -0.2) is 4.98 Å². The van der Waals surface area contributed by atoms with Gasteiger partial charge < -0.3 is 9.30 Å². The van der Waals surface area contributed by atoms with Gasteiger partial charge in [0.2, 0.25) is 4.96 Å². The standard InChI is InChI=1S/C20H16N6OS/c1-27-15-9-6-14(7-10-15)8-11-19-24-26-18(22-23-20(26)28-19)12-25-13-21-16-4-2-3-5-17(16)25/h2-11,13H,12H2,1H3/b11-8-. The van der Waals surface area contributed by atoms with Crippen LogP contribution in [0.15, 0.2) is 54.9 Å². The summed E-state index contributed by atoms with van der Waals surface area (Å²) in [5.41, 5.74) is 3.11. The molecule has 0 N–H and O–H groups in total. The molecule has 7 nitrogen and oxygen atoms in total. The first-order valence-corrected chi connectivity index (χ1v) is 9.55. The molecule has 3 heterocycles. The van der Waals surface area contributed by atoms with E-state index in [9.17, 15) is 0 Å². The molecular weight excluding hydrogens is 372 g/mol. The number of hydrogen-bond acceptors (Lipinski definition) is 6. The van der Waals surface area contributed by atoms with E-state index in [1.165, 1.54) is 11.3 Å². The van der Waals surface area contributed by atoms with E-state index >= 15 is 0 Å². The number of methoxy groups -OCH3 is 1. The fourth-order valence-corrected chi connectivity index (χ4v) is 3.77. The molecule has 0 aliphatic rings. The quantitative estimate of drug-likeness (QED) is 0.458. The van der Waals surface area contributed by atoms with Gasteiger partial charge in [0.15, 0.2) is 5.82 Å². The molecule has 28 heavy (non-hydrogen) atoms. The summed E-state index contributed by atoms with van der Waals surface area (Å²) in [6, 6.07) is 15.9. The SMILES string of the molecule is COc1ccc(/C=C\c2nn3c(Cn4cnc5ccccc54)nnc3s2)cc1. The van der Waals surface area contributed by atoms with Gasteiger partial charge in [0.1, 0.15) is 10.8 Å². The number of nitrogens with zero attached hydrogens (tertiary/aromatic N) is 6. The molecule has 0 aliphatic heterocycles. The van der Waals surface area contributed by atoms with E-state index in [-0.39, 0.29) is 0 Å². The predicted molar refractivity (Wildman–Crippen MR) is 109 cm³/mol. The minimum Gasteiger partial charge on any atom is -0.497 e. The maximum Gasteiger partial charge on any atom is 0.235 e. The zero-order valence-corrected chi connectivity index (χ0v) is 15.9. The number of imidazole rings is 1. The van der Waals surface area contributed by atoms with Crippen molar-refractivity contribution in [1.29, 1.82) is 0 Å². The zero-order valence-electron chi connectivity index (χ0n) is 15.1. The molecule has 0 bridgehead atoms. The number of rotatable bonds is 5. The average molecular weight is 388 g/mol. The van der Waals surface area contributed by atoms with Crippen LogP contribution < -0.4 is 4.74 Å². The summed E-state index contributed by atoms with van der Waals surface area (Å²) in [5.74, 6) is 1.62. The minimum absolute atomic E-state index is 0.563. The van der Waals surface area contributed by atoms with Gasteiger partial charge in [-0.1, -0.05) is 41.7 Å². The highest BCUT2D eigenvalue weighted by Gasteiger charge is 2.12. The molecule has 8 heteroatoms. The second-order valence-corrected chi connectivity index (χ2v) is 7.21. The first-order chi connectivity index (χ1) is 13.8. The summed E-state index contributed by atoms with van der Waals surface area (Å²) < 4.78 is 9.04. The van der Waals surface area contributed by atoms with E-state index in [0.29, 0.717) is 6.54 Å². The molecule has 3 aromatic heterocycles. The van der Waals surface area contributed by atoms with Crippen molar-refractivity contribution in [3.05, 3.63) is 71.3 Å². The molecule has 138 valence electrons. The second-order valence-electron chi connectivity index (χ2n) is 6.22. The normalized spacial score (nSPS) is 11.8. The molecular formula is C20H16N6OS.